The number of hydrogen-bond acceptors (Lipinski definition) is 7. The minimum absolute atomic E-state index is 0.0541. The van der Waals surface area contributed by atoms with Crippen molar-refractivity contribution >= 4 is 40.8 Å². The quantitative estimate of drug-likeness (QED) is 0.331. The first-order valence-corrected chi connectivity index (χ1v) is 13.0. The van der Waals surface area contributed by atoms with Crippen LogP contribution in [0.4, 0.5) is 11.5 Å². The Morgan fingerprint density at radius 1 is 1.06 bits per heavy atom. The lowest BCUT2D eigenvalue weighted by molar-refractivity contribution is 0.0956. The number of carbonyl (C=O) groups excluding carboxylic acids is 1. The highest BCUT2D eigenvalue weighted by Crippen LogP contribution is 2.28. The molecule has 0 atom stereocenters. The summed E-state index contributed by atoms with van der Waals surface area (Å²) in [7, 11) is 1.67. The van der Waals surface area contributed by atoms with Gasteiger partial charge in [-0.25, -0.2) is 9.97 Å². The van der Waals surface area contributed by atoms with Crippen LogP contribution in [0.3, 0.4) is 0 Å². The second kappa shape index (κ2) is 12.2. The zero-order valence-corrected chi connectivity index (χ0v) is 21.6. The number of methoxy groups -OCH3 is 1. The van der Waals surface area contributed by atoms with Crippen molar-refractivity contribution in [3.8, 4) is 0 Å². The predicted molar refractivity (Wildman–Crippen MR) is 143 cm³/mol. The van der Waals surface area contributed by atoms with Gasteiger partial charge in [-0.2, -0.15) is 0 Å². The van der Waals surface area contributed by atoms with Gasteiger partial charge < -0.3 is 19.9 Å². The Labute approximate surface area is 215 Å². The van der Waals surface area contributed by atoms with Crippen molar-refractivity contribution in [1.82, 2.24) is 15.3 Å². The molecule has 4 rings (SSSR count). The van der Waals surface area contributed by atoms with Gasteiger partial charge >= 0.3 is 0 Å². The summed E-state index contributed by atoms with van der Waals surface area (Å²) < 4.78 is 5.35. The molecule has 9 heteroatoms. The molecule has 0 radical (unpaired) electrons. The van der Waals surface area contributed by atoms with E-state index in [9.17, 15) is 4.79 Å². The first-order valence-electron chi connectivity index (χ1n) is 11.7. The summed E-state index contributed by atoms with van der Waals surface area (Å²) >= 11 is 7.98. The Morgan fingerprint density at radius 2 is 1.77 bits per heavy atom. The van der Waals surface area contributed by atoms with E-state index in [0.29, 0.717) is 24.5 Å². The Bertz CT molecular complexity index is 1140. The van der Waals surface area contributed by atoms with E-state index in [1.807, 2.05) is 55.5 Å². The van der Waals surface area contributed by atoms with Crippen molar-refractivity contribution in [3.63, 3.8) is 0 Å². The minimum atomic E-state index is -0.0541. The molecule has 0 aliphatic carbocycles. The molecular formula is C26H30ClN5O2S. The number of nitrogens with one attached hydrogen (secondary N) is 1. The number of ether oxygens (including phenoxy) is 1. The molecule has 0 bridgehead atoms. The monoisotopic (exact) mass is 511 g/mol. The largest absolute Gasteiger partial charge is 0.378 e. The van der Waals surface area contributed by atoms with Crippen molar-refractivity contribution in [2.45, 2.75) is 24.4 Å². The van der Waals surface area contributed by atoms with Gasteiger partial charge in [-0.3, -0.25) is 4.79 Å². The first kappa shape index (κ1) is 25.3. The number of piperazine rings is 1. The maximum Gasteiger partial charge on any atom is 0.251 e. The Kier molecular flexibility index (Phi) is 8.84. The molecule has 3 aromatic rings. The second-order valence-corrected chi connectivity index (χ2v) is 9.55. The fourth-order valence-corrected chi connectivity index (χ4v) is 5.04. The number of halogens is 1. The number of nitrogens with zero attached hydrogens (tertiary/aromatic N) is 4. The number of thioether (sulfide) groups is 1. The lowest BCUT2D eigenvalue weighted by Crippen LogP contribution is -2.47. The summed E-state index contributed by atoms with van der Waals surface area (Å²) in [6.07, 6.45) is 0. The Morgan fingerprint density at radius 3 is 2.46 bits per heavy atom. The van der Waals surface area contributed by atoms with Crippen LogP contribution in [0.25, 0.3) is 0 Å². The molecule has 1 N–H and O–H groups in total. The summed E-state index contributed by atoms with van der Waals surface area (Å²) in [5.41, 5.74) is 3.71. The average Bonchev–Trinajstić information content (AvgIpc) is 2.88. The van der Waals surface area contributed by atoms with E-state index in [1.165, 1.54) is 0 Å². The molecule has 1 aliphatic rings. The van der Waals surface area contributed by atoms with E-state index in [0.717, 1.165) is 59.1 Å². The van der Waals surface area contributed by atoms with E-state index >= 15 is 0 Å². The van der Waals surface area contributed by atoms with Gasteiger partial charge in [0, 0.05) is 57.2 Å². The van der Waals surface area contributed by atoms with Crippen LogP contribution in [0.5, 0.6) is 0 Å². The van der Waals surface area contributed by atoms with Crippen molar-refractivity contribution in [1.29, 1.82) is 0 Å². The highest BCUT2D eigenvalue weighted by atomic mass is 35.5. The van der Waals surface area contributed by atoms with Crippen LogP contribution in [-0.4, -0.2) is 55.7 Å². The molecule has 1 aliphatic heterocycles. The van der Waals surface area contributed by atoms with Crippen LogP contribution in [0.2, 0.25) is 5.02 Å². The van der Waals surface area contributed by atoms with Gasteiger partial charge in [0.15, 0.2) is 5.16 Å². The zero-order chi connectivity index (χ0) is 24.6. The normalized spacial score (nSPS) is 13.7. The van der Waals surface area contributed by atoms with Crippen LogP contribution in [0.15, 0.2) is 59.8 Å². The van der Waals surface area contributed by atoms with Gasteiger partial charge in [-0.05, 0) is 36.8 Å². The number of benzene rings is 2. The van der Waals surface area contributed by atoms with Crippen LogP contribution < -0.4 is 15.1 Å². The first-order chi connectivity index (χ1) is 17.1. The van der Waals surface area contributed by atoms with E-state index in [2.05, 4.69) is 26.2 Å². The van der Waals surface area contributed by atoms with Crippen LogP contribution in [0, 0.1) is 0 Å². The standard InChI is InChI=1S/C26H30ClN5O2S/c1-3-28-25(33)20-10-8-19(9-11-20)18-35-26-29-21(17-34-2)16-24(30-26)32-14-12-31(13-15-32)23-7-5-4-6-22(23)27/h4-11,16H,3,12-15,17-18H2,1-2H3,(H,28,33). The molecule has 7 nitrogen and oxygen atoms in total. The van der Waals surface area contributed by atoms with E-state index in [4.69, 9.17) is 21.3 Å². The van der Waals surface area contributed by atoms with Gasteiger partial charge in [0.2, 0.25) is 0 Å². The number of hydrogen-bond donors (Lipinski definition) is 1. The summed E-state index contributed by atoms with van der Waals surface area (Å²) in [5.74, 6) is 1.58. The number of aromatic nitrogens is 2. The van der Waals surface area contributed by atoms with Crippen molar-refractivity contribution in [2.75, 3.05) is 49.6 Å². The molecule has 1 fully saturated rings. The van der Waals surface area contributed by atoms with Gasteiger partial charge in [0.05, 0.1) is 23.0 Å². The predicted octanol–water partition coefficient (Wildman–Crippen LogP) is 4.65. The summed E-state index contributed by atoms with van der Waals surface area (Å²) in [5, 5.41) is 4.32. The third-order valence-corrected chi connectivity index (χ3v) is 6.99. The topological polar surface area (TPSA) is 70.6 Å². The Hall–Kier alpha value is -2.81. The number of para-hydroxylation sites is 1. The van der Waals surface area contributed by atoms with Crippen LogP contribution >= 0.6 is 23.4 Å². The maximum absolute atomic E-state index is 12.0. The number of anilines is 2. The molecule has 35 heavy (non-hydrogen) atoms. The number of carbonyl (C=O) groups is 1. The molecule has 1 saturated heterocycles. The molecule has 0 unspecified atom stereocenters. The van der Waals surface area contributed by atoms with Gasteiger partial charge in [-0.15, -0.1) is 0 Å². The molecule has 2 heterocycles. The maximum atomic E-state index is 12.0. The molecule has 0 spiro atoms. The van der Waals surface area contributed by atoms with E-state index in [1.54, 1.807) is 18.9 Å². The third-order valence-electron chi connectivity index (χ3n) is 5.76. The fourth-order valence-electron chi connectivity index (χ4n) is 3.96. The Balaban J connectivity index is 1.42. The van der Waals surface area contributed by atoms with E-state index in [-0.39, 0.29) is 5.91 Å². The molecular weight excluding hydrogens is 482 g/mol. The van der Waals surface area contributed by atoms with Gasteiger partial charge in [0.1, 0.15) is 5.82 Å². The summed E-state index contributed by atoms with van der Waals surface area (Å²) in [6, 6.07) is 17.7. The minimum Gasteiger partial charge on any atom is -0.378 e. The summed E-state index contributed by atoms with van der Waals surface area (Å²) in [6.45, 7) is 6.39. The number of amides is 1. The molecule has 184 valence electrons. The number of rotatable bonds is 9. The van der Waals surface area contributed by atoms with Gasteiger partial charge in [0.25, 0.3) is 5.91 Å². The van der Waals surface area contributed by atoms with E-state index < -0.39 is 0 Å². The second-order valence-electron chi connectivity index (χ2n) is 8.20. The molecule has 1 amide bonds. The zero-order valence-electron chi connectivity index (χ0n) is 20.0. The molecule has 1 aromatic heterocycles. The average molecular weight is 512 g/mol. The highest BCUT2D eigenvalue weighted by Gasteiger charge is 2.21. The van der Waals surface area contributed by atoms with Crippen molar-refractivity contribution in [2.24, 2.45) is 0 Å². The van der Waals surface area contributed by atoms with Gasteiger partial charge in [-0.1, -0.05) is 47.6 Å². The molecule has 2 aromatic carbocycles. The summed E-state index contributed by atoms with van der Waals surface area (Å²) in [4.78, 5) is 26.1. The molecule has 0 saturated carbocycles. The highest BCUT2D eigenvalue weighted by molar-refractivity contribution is 7.98. The lowest BCUT2D eigenvalue weighted by Gasteiger charge is -2.37. The van der Waals surface area contributed by atoms with Crippen molar-refractivity contribution < 1.29 is 9.53 Å². The fraction of sp³-hybridized carbons (Fsp3) is 0.346. The lowest BCUT2D eigenvalue weighted by atomic mass is 10.1. The van der Waals surface area contributed by atoms with Crippen molar-refractivity contribution in [3.05, 3.63) is 76.4 Å². The van der Waals surface area contributed by atoms with Crippen LogP contribution in [0.1, 0.15) is 28.5 Å². The SMILES string of the molecule is CCNC(=O)c1ccc(CSc2nc(COC)cc(N3CCN(c4ccccc4Cl)CC3)n2)cc1. The third kappa shape index (κ3) is 6.66. The van der Waals surface area contributed by atoms with Crippen LogP contribution in [-0.2, 0) is 17.1 Å². The smallest absolute Gasteiger partial charge is 0.251 e.